The molecule has 0 atom stereocenters. The molecule has 0 spiro atoms. The zero-order valence-corrected chi connectivity index (χ0v) is 14.7. The molecule has 1 aromatic heterocycles. The molecule has 6 nitrogen and oxygen atoms in total. The van der Waals surface area contributed by atoms with Crippen LogP contribution in [-0.2, 0) is 10.0 Å². The summed E-state index contributed by atoms with van der Waals surface area (Å²) in [4.78, 5) is 2.01. The van der Waals surface area contributed by atoms with Crippen LogP contribution in [0.5, 0.6) is 0 Å². The predicted octanol–water partition coefficient (Wildman–Crippen LogP) is 2.87. The Kier molecular flexibility index (Phi) is 4.52. The Labute approximate surface area is 147 Å². The average molecular weight is 354 g/mol. The predicted molar refractivity (Wildman–Crippen MR) is 98.1 cm³/mol. The third-order valence-electron chi connectivity index (χ3n) is 3.93. The van der Waals surface area contributed by atoms with E-state index in [0.29, 0.717) is 22.6 Å². The van der Waals surface area contributed by atoms with Crippen LogP contribution < -0.4 is 10.0 Å². The third-order valence-corrected chi connectivity index (χ3v) is 4.98. The summed E-state index contributed by atoms with van der Waals surface area (Å²) in [6.45, 7) is 1.70. The van der Waals surface area contributed by atoms with Gasteiger partial charge in [-0.25, -0.2) is 13.6 Å². The van der Waals surface area contributed by atoms with Gasteiger partial charge in [-0.05, 0) is 42.8 Å². The molecular weight excluding hydrogens is 336 g/mol. The number of anilines is 2. The fraction of sp³-hybridized carbons (Fsp3) is 0.111. The molecule has 0 aliphatic carbocycles. The molecule has 0 saturated heterocycles. The number of primary sulfonamides is 1. The van der Waals surface area contributed by atoms with Crippen molar-refractivity contribution >= 4 is 21.5 Å². The number of hydrogen-bond donors (Lipinski definition) is 1. The molecule has 128 valence electrons. The van der Waals surface area contributed by atoms with Gasteiger partial charge in [0, 0.05) is 18.3 Å². The standard InChI is InChI=1S/C18H18N4O2S/c1-13-8-9-14(12-17(13)25(19,23)24)16-10-11-18(21-20-16)22(2)15-6-4-3-5-7-15/h3-12H,1-2H3,(H2,19,23,24). The lowest BCUT2D eigenvalue weighted by Crippen LogP contribution is -2.14. The Balaban J connectivity index is 1.93. The van der Waals surface area contributed by atoms with Crippen LogP contribution >= 0.6 is 0 Å². The van der Waals surface area contributed by atoms with Crippen LogP contribution in [0.1, 0.15) is 5.56 Å². The maximum absolute atomic E-state index is 11.7. The van der Waals surface area contributed by atoms with E-state index < -0.39 is 10.0 Å². The van der Waals surface area contributed by atoms with Gasteiger partial charge in [0.25, 0.3) is 0 Å². The van der Waals surface area contributed by atoms with Crippen molar-refractivity contribution in [1.29, 1.82) is 0 Å². The molecule has 0 aliphatic rings. The molecule has 0 unspecified atom stereocenters. The number of rotatable bonds is 4. The fourth-order valence-electron chi connectivity index (χ4n) is 2.51. The molecule has 0 fully saturated rings. The van der Waals surface area contributed by atoms with Crippen LogP contribution in [0.3, 0.4) is 0 Å². The van der Waals surface area contributed by atoms with E-state index in [1.54, 1.807) is 25.1 Å². The van der Waals surface area contributed by atoms with Gasteiger partial charge in [0.15, 0.2) is 5.82 Å². The van der Waals surface area contributed by atoms with Crippen LogP contribution in [0.15, 0.2) is 65.6 Å². The van der Waals surface area contributed by atoms with Gasteiger partial charge in [0.2, 0.25) is 10.0 Å². The van der Waals surface area contributed by atoms with E-state index in [9.17, 15) is 8.42 Å². The van der Waals surface area contributed by atoms with E-state index >= 15 is 0 Å². The Morgan fingerprint density at radius 3 is 2.28 bits per heavy atom. The normalized spacial score (nSPS) is 11.3. The number of hydrogen-bond acceptors (Lipinski definition) is 5. The van der Waals surface area contributed by atoms with Crippen LogP contribution in [0.25, 0.3) is 11.3 Å². The summed E-state index contributed by atoms with van der Waals surface area (Å²) in [6.07, 6.45) is 0. The van der Waals surface area contributed by atoms with Crippen LogP contribution in [-0.4, -0.2) is 25.7 Å². The number of nitrogens with zero attached hydrogens (tertiary/aromatic N) is 3. The number of para-hydroxylation sites is 1. The molecule has 2 N–H and O–H groups in total. The molecule has 0 radical (unpaired) electrons. The zero-order valence-electron chi connectivity index (χ0n) is 13.9. The minimum Gasteiger partial charge on any atom is -0.328 e. The minimum atomic E-state index is -3.78. The summed E-state index contributed by atoms with van der Waals surface area (Å²) >= 11 is 0. The minimum absolute atomic E-state index is 0.0947. The highest BCUT2D eigenvalue weighted by Crippen LogP contribution is 2.25. The SMILES string of the molecule is Cc1ccc(-c2ccc(N(C)c3ccccc3)nn2)cc1S(N)(=O)=O. The maximum atomic E-state index is 11.7. The summed E-state index contributed by atoms with van der Waals surface area (Å²) in [6, 6.07) is 18.5. The number of nitrogens with two attached hydrogens (primary N) is 1. The van der Waals surface area contributed by atoms with E-state index in [4.69, 9.17) is 5.14 Å². The van der Waals surface area contributed by atoms with Crippen LogP contribution in [0.2, 0.25) is 0 Å². The molecule has 25 heavy (non-hydrogen) atoms. The Morgan fingerprint density at radius 1 is 0.960 bits per heavy atom. The monoisotopic (exact) mass is 354 g/mol. The number of aryl methyl sites for hydroxylation is 1. The molecule has 2 aromatic carbocycles. The quantitative estimate of drug-likeness (QED) is 0.778. The average Bonchev–Trinajstić information content (AvgIpc) is 2.61. The molecule has 0 amide bonds. The Bertz CT molecular complexity index is 987. The third kappa shape index (κ3) is 3.67. The lowest BCUT2D eigenvalue weighted by molar-refractivity contribution is 0.597. The second-order valence-electron chi connectivity index (χ2n) is 5.70. The van der Waals surface area contributed by atoms with Gasteiger partial charge >= 0.3 is 0 Å². The number of benzene rings is 2. The van der Waals surface area contributed by atoms with Gasteiger partial charge in [-0.2, -0.15) is 0 Å². The van der Waals surface area contributed by atoms with Crippen molar-refractivity contribution < 1.29 is 8.42 Å². The Hall–Kier alpha value is -2.77. The molecule has 3 rings (SSSR count). The van der Waals surface area contributed by atoms with Gasteiger partial charge in [0.1, 0.15) is 0 Å². The molecule has 7 heteroatoms. The van der Waals surface area contributed by atoms with E-state index in [1.807, 2.05) is 48.3 Å². The second kappa shape index (κ2) is 6.62. The molecule has 0 saturated carbocycles. The van der Waals surface area contributed by atoms with Crippen molar-refractivity contribution in [1.82, 2.24) is 10.2 Å². The van der Waals surface area contributed by atoms with Crippen molar-refractivity contribution in [3.63, 3.8) is 0 Å². The van der Waals surface area contributed by atoms with Gasteiger partial charge < -0.3 is 4.90 Å². The zero-order chi connectivity index (χ0) is 18.0. The maximum Gasteiger partial charge on any atom is 0.238 e. The van der Waals surface area contributed by atoms with Crippen molar-refractivity contribution in [3.8, 4) is 11.3 Å². The topological polar surface area (TPSA) is 89.2 Å². The second-order valence-corrected chi connectivity index (χ2v) is 7.23. The van der Waals surface area contributed by atoms with Crippen molar-refractivity contribution in [2.24, 2.45) is 5.14 Å². The lowest BCUT2D eigenvalue weighted by atomic mass is 10.1. The molecule has 3 aromatic rings. The molecule has 0 aliphatic heterocycles. The van der Waals surface area contributed by atoms with E-state index in [0.717, 1.165) is 5.69 Å². The first-order chi connectivity index (χ1) is 11.9. The van der Waals surface area contributed by atoms with Gasteiger partial charge in [-0.15, -0.1) is 10.2 Å². The lowest BCUT2D eigenvalue weighted by Gasteiger charge is -2.17. The highest BCUT2D eigenvalue weighted by atomic mass is 32.2. The van der Waals surface area contributed by atoms with E-state index in [2.05, 4.69) is 10.2 Å². The van der Waals surface area contributed by atoms with E-state index in [1.165, 1.54) is 6.07 Å². The van der Waals surface area contributed by atoms with Gasteiger partial charge in [-0.1, -0.05) is 30.3 Å². The first-order valence-corrected chi connectivity index (χ1v) is 9.17. The van der Waals surface area contributed by atoms with Crippen molar-refractivity contribution in [2.45, 2.75) is 11.8 Å². The van der Waals surface area contributed by atoms with Gasteiger partial charge in [-0.3, -0.25) is 0 Å². The molecule has 0 bridgehead atoms. The Morgan fingerprint density at radius 2 is 1.68 bits per heavy atom. The first-order valence-electron chi connectivity index (χ1n) is 7.62. The number of aromatic nitrogens is 2. The van der Waals surface area contributed by atoms with Crippen LogP contribution in [0.4, 0.5) is 11.5 Å². The molecule has 1 heterocycles. The van der Waals surface area contributed by atoms with Gasteiger partial charge in [0.05, 0.1) is 10.6 Å². The highest BCUT2D eigenvalue weighted by Gasteiger charge is 2.14. The largest absolute Gasteiger partial charge is 0.328 e. The van der Waals surface area contributed by atoms with Crippen molar-refractivity contribution in [3.05, 3.63) is 66.2 Å². The number of sulfonamides is 1. The fourth-order valence-corrected chi connectivity index (χ4v) is 3.32. The van der Waals surface area contributed by atoms with Crippen LogP contribution in [0, 0.1) is 6.92 Å². The smallest absolute Gasteiger partial charge is 0.238 e. The summed E-state index contributed by atoms with van der Waals surface area (Å²) in [5.41, 5.74) is 2.82. The summed E-state index contributed by atoms with van der Waals surface area (Å²) in [7, 11) is -1.87. The summed E-state index contributed by atoms with van der Waals surface area (Å²) < 4.78 is 23.3. The molecular formula is C18H18N4O2S. The highest BCUT2D eigenvalue weighted by molar-refractivity contribution is 7.89. The summed E-state index contributed by atoms with van der Waals surface area (Å²) in [5, 5.41) is 13.7. The summed E-state index contributed by atoms with van der Waals surface area (Å²) in [5.74, 6) is 0.689. The van der Waals surface area contributed by atoms with E-state index in [-0.39, 0.29) is 4.90 Å². The van der Waals surface area contributed by atoms with Crippen molar-refractivity contribution in [2.75, 3.05) is 11.9 Å². The first kappa shape index (κ1) is 17.1.